The predicted octanol–water partition coefficient (Wildman–Crippen LogP) is 2.32. The fourth-order valence-corrected chi connectivity index (χ4v) is 4.57. The van der Waals surface area contributed by atoms with E-state index in [1.165, 1.54) is 0 Å². The van der Waals surface area contributed by atoms with Crippen molar-refractivity contribution in [2.45, 2.75) is 38.8 Å². The maximum absolute atomic E-state index is 13.4. The van der Waals surface area contributed by atoms with Crippen LogP contribution in [-0.4, -0.2) is 93.8 Å². The molecule has 30 heavy (non-hydrogen) atoms. The van der Waals surface area contributed by atoms with Crippen molar-refractivity contribution in [3.05, 3.63) is 35.9 Å². The van der Waals surface area contributed by atoms with Crippen molar-refractivity contribution < 1.29 is 9.59 Å². The number of amides is 3. The van der Waals surface area contributed by atoms with Crippen LogP contribution in [0.2, 0.25) is 0 Å². The SMILES string of the molecule is CC(C)N1CCN(C(=O)c2nc([C@@H]3CCCN3C(=O)N(C)C)n3ccccc23)CC1. The molecule has 2 aliphatic rings. The van der Waals surface area contributed by atoms with Crippen molar-refractivity contribution in [2.24, 2.45) is 0 Å². The van der Waals surface area contributed by atoms with Gasteiger partial charge in [-0.15, -0.1) is 0 Å². The van der Waals surface area contributed by atoms with Crippen LogP contribution >= 0.6 is 0 Å². The number of likely N-dealkylation sites (tertiary alicyclic amines) is 1. The van der Waals surface area contributed by atoms with E-state index in [1.807, 2.05) is 38.6 Å². The molecule has 3 amide bonds. The Morgan fingerprint density at radius 3 is 2.50 bits per heavy atom. The molecule has 8 heteroatoms. The van der Waals surface area contributed by atoms with Gasteiger partial charge < -0.3 is 19.1 Å². The smallest absolute Gasteiger partial charge is 0.320 e. The number of hydrogen-bond donors (Lipinski definition) is 0. The summed E-state index contributed by atoms with van der Waals surface area (Å²) >= 11 is 0. The van der Waals surface area contributed by atoms with Crippen molar-refractivity contribution in [3.8, 4) is 0 Å². The van der Waals surface area contributed by atoms with Crippen molar-refractivity contribution in [1.82, 2.24) is 29.0 Å². The molecule has 162 valence electrons. The molecule has 0 aliphatic carbocycles. The van der Waals surface area contributed by atoms with Gasteiger partial charge in [0.1, 0.15) is 5.82 Å². The first kappa shape index (κ1) is 20.7. The Morgan fingerprint density at radius 2 is 1.83 bits per heavy atom. The Balaban J connectivity index is 1.65. The molecule has 0 unspecified atom stereocenters. The maximum Gasteiger partial charge on any atom is 0.320 e. The highest BCUT2D eigenvalue weighted by Crippen LogP contribution is 2.33. The summed E-state index contributed by atoms with van der Waals surface area (Å²) in [4.78, 5) is 38.7. The van der Waals surface area contributed by atoms with Crippen LogP contribution in [0.3, 0.4) is 0 Å². The van der Waals surface area contributed by atoms with Crippen LogP contribution in [0.25, 0.3) is 5.52 Å². The highest BCUT2D eigenvalue weighted by molar-refractivity contribution is 5.99. The van der Waals surface area contributed by atoms with Crippen molar-refractivity contribution in [2.75, 3.05) is 46.8 Å². The maximum atomic E-state index is 13.4. The lowest BCUT2D eigenvalue weighted by atomic mass is 10.2. The lowest BCUT2D eigenvalue weighted by Gasteiger charge is -2.36. The van der Waals surface area contributed by atoms with Gasteiger partial charge in [-0.1, -0.05) is 6.07 Å². The molecule has 2 saturated heterocycles. The highest BCUT2D eigenvalue weighted by atomic mass is 16.2. The largest absolute Gasteiger partial charge is 0.335 e. The van der Waals surface area contributed by atoms with Crippen LogP contribution in [0.1, 0.15) is 49.0 Å². The third kappa shape index (κ3) is 3.64. The summed E-state index contributed by atoms with van der Waals surface area (Å²) in [6, 6.07) is 6.19. The standard InChI is InChI=1S/C22H32N6O2/c1-16(2)25-12-14-26(15-13-25)21(29)19-17-8-5-6-10-27(17)20(23-19)18-9-7-11-28(18)22(30)24(3)4/h5-6,8,10,16,18H,7,9,11-15H2,1-4H3/t18-/m0/s1. The first-order valence-corrected chi connectivity index (χ1v) is 10.9. The number of carbonyl (C=O) groups excluding carboxylic acids is 2. The zero-order valence-corrected chi connectivity index (χ0v) is 18.4. The predicted molar refractivity (Wildman–Crippen MR) is 116 cm³/mol. The average Bonchev–Trinajstić information content (AvgIpc) is 3.37. The molecule has 0 saturated carbocycles. The second-order valence-electron chi connectivity index (χ2n) is 8.72. The molecular formula is C22H32N6O2. The van der Waals surface area contributed by atoms with Gasteiger partial charge in [0.05, 0.1) is 11.6 Å². The molecule has 0 spiro atoms. The summed E-state index contributed by atoms with van der Waals surface area (Å²) in [5.74, 6) is 0.763. The first-order chi connectivity index (χ1) is 14.4. The number of aromatic nitrogens is 2. The Morgan fingerprint density at radius 1 is 1.10 bits per heavy atom. The number of carbonyl (C=O) groups is 2. The van der Waals surface area contributed by atoms with Gasteiger partial charge >= 0.3 is 6.03 Å². The minimum absolute atomic E-state index is 0.0112. The second-order valence-corrected chi connectivity index (χ2v) is 8.72. The number of pyridine rings is 1. The molecule has 4 rings (SSSR count). The van der Waals surface area contributed by atoms with Crippen molar-refractivity contribution in [1.29, 1.82) is 0 Å². The third-order valence-electron chi connectivity index (χ3n) is 6.29. The van der Waals surface area contributed by atoms with E-state index in [4.69, 9.17) is 4.98 Å². The molecule has 0 bridgehead atoms. The number of imidazole rings is 1. The lowest BCUT2D eigenvalue weighted by Crippen LogP contribution is -2.50. The minimum atomic E-state index is -0.117. The van der Waals surface area contributed by atoms with Crippen LogP contribution in [-0.2, 0) is 0 Å². The Kier molecular flexibility index (Phi) is 5.69. The van der Waals surface area contributed by atoms with E-state index in [-0.39, 0.29) is 18.0 Å². The Bertz CT molecular complexity index is 929. The number of urea groups is 1. The molecule has 0 aromatic carbocycles. The van der Waals surface area contributed by atoms with E-state index >= 15 is 0 Å². The van der Waals surface area contributed by atoms with Gasteiger partial charge in [0.25, 0.3) is 5.91 Å². The van der Waals surface area contributed by atoms with Gasteiger partial charge in [0, 0.05) is 59.1 Å². The first-order valence-electron chi connectivity index (χ1n) is 10.9. The van der Waals surface area contributed by atoms with Crippen LogP contribution < -0.4 is 0 Å². The second kappa shape index (κ2) is 8.26. The number of piperazine rings is 1. The summed E-state index contributed by atoms with van der Waals surface area (Å²) < 4.78 is 1.99. The number of fused-ring (bicyclic) bond motifs is 1. The molecule has 2 aliphatic heterocycles. The third-order valence-corrected chi connectivity index (χ3v) is 6.29. The molecule has 2 aromatic heterocycles. The summed E-state index contributed by atoms with van der Waals surface area (Å²) in [6.07, 6.45) is 3.74. The molecule has 0 N–H and O–H groups in total. The van der Waals surface area contributed by atoms with Gasteiger partial charge in [-0.3, -0.25) is 9.69 Å². The number of rotatable bonds is 3. The van der Waals surface area contributed by atoms with Gasteiger partial charge in [0.15, 0.2) is 5.69 Å². The van der Waals surface area contributed by atoms with E-state index in [0.717, 1.165) is 37.3 Å². The topological polar surface area (TPSA) is 64.4 Å². The summed E-state index contributed by atoms with van der Waals surface area (Å²) in [6.45, 7) is 8.29. The van der Waals surface area contributed by atoms with Crippen LogP contribution in [0.4, 0.5) is 4.79 Å². The molecule has 1 atom stereocenters. The molecule has 2 fully saturated rings. The lowest BCUT2D eigenvalue weighted by molar-refractivity contribution is 0.0592. The fraction of sp³-hybridized carbons (Fsp3) is 0.591. The minimum Gasteiger partial charge on any atom is -0.335 e. The average molecular weight is 413 g/mol. The number of hydrogen-bond acceptors (Lipinski definition) is 4. The van der Waals surface area contributed by atoms with Gasteiger partial charge in [0.2, 0.25) is 0 Å². The van der Waals surface area contributed by atoms with E-state index in [9.17, 15) is 9.59 Å². The number of nitrogens with zero attached hydrogens (tertiary/aromatic N) is 6. The Labute approximate surface area is 178 Å². The quantitative estimate of drug-likeness (QED) is 0.776. The summed E-state index contributed by atoms with van der Waals surface area (Å²) in [5.41, 5.74) is 1.31. The Hall–Kier alpha value is -2.61. The van der Waals surface area contributed by atoms with Gasteiger partial charge in [-0.05, 0) is 38.8 Å². The van der Waals surface area contributed by atoms with Crippen LogP contribution in [0.15, 0.2) is 24.4 Å². The van der Waals surface area contributed by atoms with E-state index in [2.05, 4.69) is 18.7 Å². The molecule has 4 heterocycles. The van der Waals surface area contributed by atoms with E-state index < -0.39 is 0 Å². The summed E-state index contributed by atoms with van der Waals surface area (Å²) in [5, 5.41) is 0. The van der Waals surface area contributed by atoms with Gasteiger partial charge in [-0.25, -0.2) is 9.78 Å². The normalized spacial score (nSPS) is 20.4. The van der Waals surface area contributed by atoms with Crippen LogP contribution in [0.5, 0.6) is 0 Å². The monoisotopic (exact) mass is 412 g/mol. The molecule has 0 radical (unpaired) electrons. The van der Waals surface area contributed by atoms with E-state index in [0.29, 0.717) is 31.4 Å². The van der Waals surface area contributed by atoms with Crippen molar-refractivity contribution >= 4 is 17.5 Å². The van der Waals surface area contributed by atoms with Crippen molar-refractivity contribution in [3.63, 3.8) is 0 Å². The van der Waals surface area contributed by atoms with Gasteiger partial charge in [-0.2, -0.15) is 0 Å². The molecule has 2 aromatic rings. The zero-order valence-electron chi connectivity index (χ0n) is 18.4. The zero-order chi connectivity index (χ0) is 21.4. The highest BCUT2D eigenvalue weighted by Gasteiger charge is 2.35. The molecule has 8 nitrogen and oxygen atoms in total. The molecular weight excluding hydrogens is 380 g/mol. The van der Waals surface area contributed by atoms with E-state index in [1.54, 1.807) is 19.0 Å². The fourth-order valence-electron chi connectivity index (χ4n) is 4.57. The van der Waals surface area contributed by atoms with Crippen LogP contribution in [0, 0.1) is 0 Å². The summed E-state index contributed by atoms with van der Waals surface area (Å²) in [7, 11) is 3.54.